The number of hydrogen-bond donors (Lipinski definition) is 0. The first-order valence-corrected chi connectivity index (χ1v) is 7.71. The Hall–Kier alpha value is -1.03. The Balaban J connectivity index is 2.80. The first-order valence-electron chi connectivity index (χ1n) is 7.27. The highest BCUT2D eigenvalue weighted by Gasteiger charge is 2.29. The molecular weight excluding hydrogens is 272 g/mol. The molecule has 20 heavy (non-hydrogen) atoms. The van der Waals surface area contributed by atoms with Gasteiger partial charge in [0.2, 0.25) is 0 Å². The van der Waals surface area contributed by atoms with E-state index in [9.17, 15) is 0 Å². The number of fused-ring (bicyclic) bond motifs is 1. The van der Waals surface area contributed by atoms with E-state index in [1.807, 2.05) is 18.5 Å². The third-order valence-corrected chi connectivity index (χ3v) is 4.26. The number of hydrogen-bond acceptors (Lipinski definition) is 2. The zero-order valence-electron chi connectivity index (χ0n) is 13.5. The van der Waals surface area contributed by atoms with Crippen LogP contribution < -0.4 is 0 Å². The van der Waals surface area contributed by atoms with E-state index in [1.165, 1.54) is 0 Å². The zero-order chi connectivity index (χ0) is 15.2. The molecule has 2 heterocycles. The molecule has 0 N–H and O–H groups in total. The highest BCUT2D eigenvalue weighted by Crippen LogP contribution is 2.37. The van der Waals surface area contributed by atoms with Crippen LogP contribution in [-0.4, -0.2) is 19.3 Å². The first kappa shape index (κ1) is 15.4. The first-order chi connectivity index (χ1) is 9.18. The van der Waals surface area contributed by atoms with E-state index in [0.29, 0.717) is 6.04 Å². The van der Waals surface area contributed by atoms with Crippen LogP contribution >= 0.6 is 11.6 Å². The normalized spacial score (nSPS) is 15.8. The van der Waals surface area contributed by atoms with Crippen LogP contribution in [0, 0.1) is 12.3 Å². The van der Waals surface area contributed by atoms with Crippen molar-refractivity contribution in [1.29, 1.82) is 0 Å². The molecule has 2 unspecified atom stereocenters. The molecule has 0 aliphatic rings. The van der Waals surface area contributed by atoms with Crippen LogP contribution in [0.25, 0.3) is 11.2 Å². The van der Waals surface area contributed by atoms with E-state index in [1.54, 1.807) is 0 Å². The molecule has 0 aromatic carbocycles. The molecule has 0 aliphatic carbocycles. The smallest absolute Gasteiger partial charge is 0.159 e. The van der Waals surface area contributed by atoms with Gasteiger partial charge in [-0.05, 0) is 33.1 Å². The van der Waals surface area contributed by atoms with Gasteiger partial charge in [0.25, 0.3) is 0 Å². The zero-order valence-corrected chi connectivity index (χ0v) is 14.3. The number of nitrogens with zero attached hydrogens (tertiary/aromatic N) is 4. The van der Waals surface area contributed by atoms with Gasteiger partial charge in [0.1, 0.15) is 11.3 Å². The van der Waals surface area contributed by atoms with Crippen molar-refractivity contribution in [3.05, 3.63) is 11.5 Å². The summed E-state index contributed by atoms with van der Waals surface area (Å²) in [5, 5.41) is 4.47. The fraction of sp³-hybridized carbons (Fsp3) is 0.733. The van der Waals surface area contributed by atoms with Crippen LogP contribution in [0.4, 0.5) is 0 Å². The predicted molar refractivity (Wildman–Crippen MR) is 84.4 cm³/mol. The van der Waals surface area contributed by atoms with E-state index in [4.69, 9.17) is 16.6 Å². The van der Waals surface area contributed by atoms with Gasteiger partial charge in [-0.15, -0.1) is 11.6 Å². The topological polar surface area (TPSA) is 35.6 Å². The minimum Gasteiger partial charge on any atom is -0.308 e. The third-order valence-electron chi connectivity index (χ3n) is 4.07. The fourth-order valence-electron chi connectivity index (χ4n) is 2.48. The van der Waals surface area contributed by atoms with Crippen molar-refractivity contribution in [2.24, 2.45) is 5.41 Å². The Bertz CT molecular complexity index is 616. The Labute approximate surface area is 126 Å². The maximum Gasteiger partial charge on any atom is 0.159 e. The van der Waals surface area contributed by atoms with Crippen LogP contribution in [-0.2, 0) is 6.54 Å². The lowest BCUT2D eigenvalue weighted by atomic mass is 9.87. The van der Waals surface area contributed by atoms with Gasteiger partial charge < -0.3 is 4.57 Å². The van der Waals surface area contributed by atoms with Gasteiger partial charge in [-0.3, -0.25) is 0 Å². The van der Waals surface area contributed by atoms with Gasteiger partial charge >= 0.3 is 0 Å². The standard InChI is InChI=1S/C15H25ClN4/c1-8-19-14-12(10(3)18-19)17-13(9(2)16)20(14)11(4)15(5,6)7/h9,11H,8H2,1-7H3. The third kappa shape index (κ3) is 2.34. The van der Waals surface area contributed by atoms with Gasteiger partial charge in [0, 0.05) is 12.6 Å². The number of halogens is 1. The van der Waals surface area contributed by atoms with Crippen molar-refractivity contribution >= 4 is 22.8 Å². The van der Waals surface area contributed by atoms with Crippen molar-refractivity contribution in [2.45, 2.75) is 66.4 Å². The molecule has 0 fully saturated rings. The summed E-state index contributed by atoms with van der Waals surface area (Å²) < 4.78 is 4.30. The van der Waals surface area contributed by atoms with Crippen LogP contribution in [0.5, 0.6) is 0 Å². The van der Waals surface area contributed by atoms with Crippen molar-refractivity contribution in [1.82, 2.24) is 19.3 Å². The minimum atomic E-state index is -0.114. The second kappa shape index (κ2) is 5.06. The average molecular weight is 297 g/mol. The summed E-state index contributed by atoms with van der Waals surface area (Å²) in [7, 11) is 0. The molecule has 0 saturated heterocycles. The summed E-state index contributed by atoms with van der Waals surface area (Å²) >= 11 is 6.37. The average Bonchev–Trinajstić information content (AvgIpc) is 2.85. The van der Waals surface area contributed by atoms with E-state index in [0.717, 1.165) is 29.2 Å². The van der Waals surface area contributed by atoms with Gasteiger partial charge in [-0.1, -0.05) is 20.8 Å². The molecule has 2 rings (SSSR count). The summed E-state index contributed by atoms with van der Waals surface area (Å²) in [6.45, 7) is 15.9. The molecule has 2 aromatic heterocycles. The fourth-order valence-corrected chi connectivity index (χ4v) is 2.63. The van der Waals surface area contributed by atoms with E-state index in [2.05, 4.69) is 44.3 Å². The van der Waals surface area contributed by atoms with Gasteiger partial charge in [-0.2, -0.15) is 5.10 Å². The lowest BCUT2D eigenvalue weighted by Crippen LogP contribution is -2.24. The molecule has 0 aliphatic heterocycles. The number of aryl methyl sites for hydroxylation is 2. The van der Waals surface area contributed by atoms with Crippen molar-refractivity contribution in [3.8, 4) is 0 Å². The summed E-state index contributed by atoms with van der Waals surface area (Å²) in [4.78, 5) is 4.76. The molecule has 0 spiro atoms. The summed E-state index contributed by atoms with van der Waals surface area (Å²) in [5.74, 6) is 0.937. The molecule has 4 nitrogen and oxygen atoms in total. The Morgan fingerprint density at radius 1 is 1.25 bits per heavy atom. The quantitative estimate of drug-likeness (QED) is 0.784. The van der Waals surface area contributed by atoms with Crippen LogP contribution in [0.1, 0.15) is 64.5 Å². The highest BCUT2D eigenvalue weighted by atomic mass is 35.5. The Morgan fingerprint density at radius 2 is 1.85 bits per heavy atom. The maximum absolute atomic E-state index is 6.37. The van der Waals surface area contributed by atoms with Gasteiger partial charge in [0.15, 0.2) is 5.65 Å². The molecule has 0 bridgehead atoms. The number of rotatable bonds is 3. The molecule has 2 atom stereocenters. The van der Waals surface area contributed by atoms with Crippen LogP contribution in [0.2, 0.25) is 0 Å². The summed E-state index contributed by atoms with van der Waals surface area (Å²) in [5.41, 5.74) is 3.17. The predicted octanol–water partition coefficient (Wildman–Crippen LogP) is 4.47. The SMILES string of the molecule is CCn1nc(C)c2nc(C(C)Cl)n(C(C)C(C)(C)C)c21. The van der Waals surface area contributed by atoms with Crippen molar-refractivity contribution in [2.75, 3.05) is 0 Å². The molecular formula is C15H25ClN4. The van der Waals surface area contributed by atoms with Crippen LogP contribution in [0.15, 0.2) is 0 Å². The highest BCUT2D eigenvalue weighted by molar-refractivity contribution is 6.20. The second-order valence-electron chi connectivity index (χ2n) is 6.57. The van der Waals surface area contributed by atoms with Gasteiger partial charge in [-0.25, -0.2) is 9.67 Å². The summed E-state index contributed by atoms with van der Waals surface area (Å²) in [6, 6.07) is 0.296. The van der Waals surface area contributed by atoms with Crippen molar-refractivity contribution in [3.63, 3.8) is 0 Å². The monoisotopic (exact) mass is 296 g/mol. The molecule has 0 saturated carbocycles. The lowest BCUT2D eigenvalue weighted by molar-refractivity contribution is 0.260. The van der Waals surface area contributed by atoms with Crippen molar-refractivity contribution < 1.29 is 0 Å². The number of aromatic nitrogens is 4. The molecule has 2 aromatic rings. The van der Waals surface area contributed by atoms with E-state index >= 15 is 0 Å². The number of alkyl halides is 1. The molecule has 5 heteroatoms. The molecule has 0 radical (unpaired) electrons. The largest absolute Gasteiger partial charge is 0.308 e. The Kier molecular flexibility index (Phi) is 3.89. The minimum absolute atomic E-state index is 0.114. The Morgan fingerprint density at radius 3 is 2.30 bits per heavy atom. The second-order valence-corrected chi connectivity index (χ2v) is 7.23. The lowest BCUT2D eigenvalue weighted by Gasteiger charge is -2.30. The summed E-state index contributed by atoms with van der Waals surface area (Å²) in [6.07, 6.45) is 0. The van der Waals surface area contributed by atoms with Gasteiger partial charge in [0.05, 0.1) is 11.1 Å². The maximum atomic E-state index is 6.37. The number of imidazole rings is 1. The molecule has 0 amide bonds. The van der Waals surface area contributed by atoms with Crippen LogP contribution in [0.3, 0.4) is 0 Å². The van der Waals surface area contributed by atoms with E-state index < -0.39 is 0 Å². The molecule has 112 valence electrons. The van der Waals surface area contributed by atoms with E-state index in [-0.39, 0.29) is 10.8 Å².